The first-order chi connectivity index (χ1) is 15.6. The van der Waals surface area contributed by atoms with Crippen LogP contribution in [0.4, 0.5) is 5.82 Å². The summed E-state index contributed by atoms with van der Waals surface area (Å²) in [5.41, 5.74) is 2.18. The number of amides is 1. The Kier molecular flexibility index (Phi) is 7.35. The van der Waals surface area contributed by atoms with Crippen LogP contribution in [0, 0.1) is 0 Å². The molecule has 32 heavy (non-hydrogen) atoms. The molecule has 1 N–H and O–H groups in total. The van der Waals surface area contributed by atoms with Crippen molar-refractivity contribution in [1.82, 2.24) is 14.8 Å². The van der Waals surface area contributed by atoms with Gasteiger partial charge in [0.2, 0.25) is 5.91 Å². The van der Waals surface area contributed by atoms with E-state index in [2.05, 4.69) is 22.3 Å². The van der Waals surface area contributed by atoms with Gasteiger partial charge in [0.05, 0.1) is 19.2 Å². The van der Waals surface area contributed by atoms with Crippen molar-refractivity contribution in [3.05, 3.63) is 23.8 Å². The molecule has 0 aliphatic carbocycles. The van der Waals surface area contributed by atoms with E-state index in [9.17, 15) is 4.79 Å². The maximum atomic E-state index is 11.7. The summed E-state index contributed by atoms with van der Waals surface area (Å²) in [6.07, 6.45) is 5.55. The monoisotopic (exact) mass is 440 g/mol. The van der Waals surface area contributed by atoms with Crippen molar-refractivity contribution in [3.8, 4) is 11.5 Å². The average Bonchev–Trinajstić information content (AvgIpc) is 3.34. The fraction of sp³-hybridized carbons (Fsp3) is 0.600. The molecule has 0 bridgehead atoms. The Morgan fingerprint density at radius 1 is 1.12 bits per heavy atom. The van der Waals surface area contributed by atoms with E-state index in [1.165, 1.54) is 31.5 Å². The highest BCUT2D eigenvalue weighted by Crippen LogP contribution is 2.39. The molecule has 2 aliphatic rings. The summed E-state index contributed by atoms with van der Waals surface area (Å²) in [5.74, 6) is 2.90. The molecule has 2 fully saturated rings. The lowest BCUT2D eigenvalue weighted by atomic mass is 9.87. The number of aromatic nitrogens is 1. The van der Waals surface area contributed by atoms with E-state index in [0.717, 1.165) is 67.1 Å². The zero-order valence-electron chi connectivity index (χ0n) is 19.7. The summed E-state index contributed by atoms with van der Waals surface area (Å²) in [6, 6.07) is 6.23. The Morgan fingerprint density at radius 2 is 1.88 bits per heavy atom. The molecule has 1 aromatic carbocycles. The third kappa shape index (κ3) is 5.09. The molecule has 0 unspecified atom stereocenters. The first-order valence-electron chi connectivity index (χ1n) is 11.9. The molecule has 4 rings (SSSR count). The van der Waals surface area contributed by atoms with Crippen LogP contribution < -0.4 is 14.8 Å². The average molecular weight is 441 g/mol. The fourth-order valence-corrected chi connectivity index (χ4v) is 4.98. The Labute approximate surface area is 191 Å². The van der Waals surface area contributed by atoms with Gasteiger partial charge in [-0.3, -0.25) is 4.79 Å². The van der Waals surface area contributed by atoms with Crippen molar-refractivity contribution in [1.29, 1.82) is 0 Å². The zero-order chi connectivity index (χ0) is 22.5. The number of nitrogens with zero attached hydrogens (tertiary/aromatic N) is 3. The van der Waals surface area contributed by atoms with Gasteiger partial charge in [0.1, 0.15) is 5.82 Å². The number of likely N-dealkylation sites (tertiary alicyclic amines) is 2. The van der Waals surface area contributed by atoms with Gasteiger partial charge in [0.15, 0.2) is 11.5 Å². The Bertz CT molecular complexity index is 934. The summed E-state index contributed by atoms with van der Waals surface area (Å²) in [6.45, 7) is 7.43. The zero-order valence-corrected chi connectivity index (χ0v) is 19.7. The minimum atomic E-state index is 0.159. The smallest absolute Gasteiger partial charge is 0.219 e. The maximum Gasteiger partial charge on any atom is 0.219 e. The van der Waals surface area contributed by atoms with Gasteiger partial charge in [-0.15, -0.1) is 0 Å². The highest BCUT2D eigenvalue weighted by atomic mass is 16.5. The van der Waals surface area contributed by atoms with Crippen LogP contribution in [0.15, 0.2) is 18.2 Å². The van der Waals surface area contributed by atoms with Crippen molar-refractivity contribution in [2.45, 2.75) is 44.9 Å². The molecule has 0 spiro atoms. The number of carbonyl (C=O) groups is 1. The summed E-state index contributed by atoms with van der Waals surface area (Å²) in [5, 5.41) is 4.31. The standard InChI is InChI=1S/C25H36N4O3/c1-18(30)29-12-7-19(8-13-29)20-16-25(26-2)27-22-17-24(23(31-3)15-21(20)22)32-14-6-11-28-9-4-5-10-28/h15-17,19H,4-14H2,1-3H3,(H,26,27). The van der Waals surface area contributed by atoms with Crippen LogP contribution in [0.3, 0.4) is 0 Å². The van der Waals surface area contributed by atoms with Crippen LogP contribution >= 0.6 is 0 Å². The minimum Gasteiger partial charge on any atom is -0.493 e. The van der Waals surface area contributed by atoms with Gasteiger partial charge in [-0.05, 0) is 68.8 Å². The summed E-state index contributed by atoms with van der Waals surface area (Å²) in [7, 11) is 3.59. The van der Waals surface area contributed by atoms with Crippen LogP contribution in [0.1, 0.15) is 50.5 Å². The van der Waals surface area contributed by atoms with E-state index in [-0.39, 0.29) is 5.91 Å². The molecule has 2 saturated heterocycles. The lowest BCUT2D eigenvalue weighted by Gasteiger charge is -2.32. The molecule has 1 aromatic heterocycles. The van der Waals surface area contributed by atoms with Crippen molar-refractivity contribution in [2.24, 2.45) is 0 Å². The number of piperidine rings is 1. The van der Waals surface area contributed by atoms with Crippen molar-refractivity contribution >= 4 is 22.6 Å². The molecule has 2 aromatic rings. The third-order valence-corrected chi connectivity index (χ3v) is 6.84. The van der Waals surface area contributed by atoms with Crippen molar-refractivity contribution in [2.75, 3.05) is 58.8 Å². The predicted octanol–water partition coefficient (Wildman–Crippen LogP) is 3.88. The second kappa shape index (κ2) is 10.4. The minimum absolute atomic E-state index is 0.159. The molecule has 1 amide bonds. The molecule has 7 heteroatoms. The number of hydrogen-bond donors (Lipinski definition) is 1. The lowest BCUT2D eigenvalue weighted by Crippen LogP contribution is -2.36. The molecule has 0 atom stereocenters. The molecule has 0 saturated carbocycles. The van der Waals surface area contributed by atoms with Crippen LogP contribution in [0.5, 0.6) is 11.5 Å². The SMILES string of the molecule is CNc1cc(C2CCN(C(C)=O)CC2)c2cc(OC)c(OCCCN3CCCC3)cc2n1. The lowest BCUT2D eigenvalue weighted by molar-refractivity contribution is -0.129. The van der Waals surface area contributed by atoms with E-state index >= 15 is 0 Å². The van der Waals surface area contributed by atoms with Gasteiger partial charge in [-0.2, -0.15) is 0 Å². The topological polar surface area (TPSA) is 66.9 Å². The number of ether oxygens (including phenoxy) is 2. The highest BCUT2D eigenvalue weighted by Gasteiger charge is 2.25. The number of anilines is 1. The van der Waals surface area contributed by atoms with Crippen LogP contribution in [0.2, 0.25) is 0 Å². The molecular weight excluding hydrogens is 404 g/mol. The van der Waals surface area contributed by atoms with Crippen molar-refractivity contribution in [3.63, 3.8) is 0 Å². The van der Waals surface area contributed by atoms with Crippen LogP contribution in [-0.2, 0) is 4.79 Å². The van der Waals surface area contributed by atoms with Gasteiger partial charge in [-0.25, -0.2) is 4.98 Å². The number of rotatable bonds is 8. The number of benzene rings is 1. The first kappa shape index (κ1) is 22.6. The number of hydrogen-bond acceptors (Lipinski definition) is 6. The van der Waals surface area contributed by atoms with Gasteiger partial charge in [-0.1, -0.05) is 0 Å². The quantitative estimate of drug-likeness (QED) is 0.629. The van der Waals surface area contributed by atoms with E-state index in [1.807, 2.05) is 18.0 Å². The number of fused-ring (bicyclic) bond motifs is 1. The molecule has 3 heterocycles. The highest BCUT2D eigenvalue weighted by molar-refractivity contribution is 5.88. The summed E-state index contributed by atoms with van der Waals surface area (Å²) >= 11 is 0. The fourth-order valence-electron chi connectivity index (χ4n) is 4.98. The van der Waals surface area contributed by atoms with Gasteiger partial charge < -0.3 is 24.6 Å². The van der Waals surface area contributed by atoms with Crippen LogP contribution in [0.25, 0.3) is 10.9 Å². The first-order valence-corrected chi connectivity index (χ1v) is 11.9. The maximum absolute atomic E-state index is 11.7. The summed E-state index contributed by atoms with van der Waals surface area (Å²) in [4.78, 5) is 21.0. The normalized spacial score (nSPS) is 17.7. The molecule has 174 valence electrons. The summed E-state index contributed by atoms with van der Waals surface area (Å²) < 4.78 is 11.8. The van der Waals surface area contributed by atoms with E-state index < -0.39 is 0 Å². The second-order valence-electron chi connectivity index (χ2n) is 8.90. The molecule has 2 aliphatic heterocycles. The number of nitrogens with one attached hydrogen (secondary N) is 1. The molecule has 7 nitrogen and oxygen atoms in total. The number of pyridine rings is 1. The third-order valence-electron chi connectivity index (χ3n) is 6.84. The molecule has 0 radical (unpaired) electrons. The van der Waals surface area contributed by atoms with E-state index in [1.54, 1.807) is 14.0 Å². The van der Waals surface area contributed by atoms with Crippen molar-refractivity contribution < 1.29 is 14.3 Å². The second-order valence-corrected chi connectivity index (χ2v) is 8.90. The Morgan fingerprint density at radius 3 is 2.53 bits per heavy atom. The van der Waals surface area contributed by atoms with Gasteiger partial charge in [0.25, 0.3) is 0 Å². The Balaban J connectivity index is 1.54. The predicted molar refractivity (Wildman–Crippen MR) is 128 cm³/mol. The van der Waals surface area contributed by atoms with Crippen LogP contribution in [-0.4, -0.2) is 74.2 Å². The Hall–Kier alpha value is -2.54. The number of carbonyl (C=O) groups excluding carboxylic acids is 1. The molecular formula is C25H36N4O3. The van der Waals surface area contributed by atoms with Gasteiger partial charge in [0, 0.05) is 45.1 Å². The van der Waals surface area contributed by atoms with Gasteiger partial charge >= 0.3 is 0 Å². The van der Waals surface area contributed by atoms with E-state index in [4.69, 9.17) is 14.5 Å². The number of methoxy groups -OCH3 is 1. The largest absolute Gasteiger partial charge is 0.493 e. The van der Waals surface area contributed by atoms with E-state index in [0.29, 0.717) is 12.5 Å².